The highest BCUT2D eigenvalue weighted by molar-refractivity contribution is 7.99. The van der Waals surface area contributed by atoms with Crippen LogP contribution >= 0.6 is 11.8 Å². The zero-order chi connectivity index (χ0) is 28.5. The van der Waals surface area contributed by atoms with Crippen molar-refractivity contribution in [1.29, 1.82) is 5.26 Å². The Kier molecular flexibility index (Phi) is 7.57. The lowest BCUT2D eigenvalue weighted by Gasteiger charge is -2.43. The largest absolute Gasteiger partial charge is 0.444 e. The van der Waals surface area contributed by atoms with Crippen LogP contribution in [-0.4, -0.2) is 23.3 Å². The third-order valence-electron chi connectivity index (χ3n) is 7.35. The summed E-state index contributed by atoms with van der Waals surface area (Å²) in [5.74, 6) is 0.262. The van der Waals surface area contributed by atoms with Gasteiger partial charge in [0.1, 0.15) is 17.0 Å². The van der Waals surface area contributed by atoms with Crippen LogP contribution in [0.25, 0.3) is 11.1 Å². The Balaban J connectivity index is 1.67. The smallest absolute Gasteiger partial charge is 0.413 e. The first kappa shape index (κ1) is 27.7. The minimum Gasteiger partial charge on any atom is -0.444 e. The number of amidine groups is 1. The van der Waals surface area contributed by atoms with E-state index in [9.17, 15) is 14.9 Å². The second kappa shape index (κ2) is 10.9. The van der Waals surface area contributed by atoms with Crippen LogP contribution in [0.5, 0.6) is 0 Å². The average Bonchev–Trinajstić information content (AvgIpc) is 2.94. The van der Waals surface area contributed by atoms with Crippen molar-refractivity contribution in [3.05, 3.63) is 89.5 Å². The zero-order valence-corrected chi connectivity index (χ0v) is 24.0. The molecule has 40 heavy (non-hydrogen) atoms. The first-order valence-corrected chi connectivity index (χ1v) is 14.5. The molecule has 0 saturated heterocycles. The number of alkyl carbamates (subject to hydrolysis) is 1. The number of hydrogen-bond donors (Lipinski definition) is 1. The van der Waals surface area contributed by atoms with Gasteiger partial charge < -0.3 is 4.74 Å². The standard InChI is InChI=1S/C33H33N3O3S/c1-5-22-18-29(35-31(38)39-32(2,3)4)36-33(30(22)37)19-28(23-11-7-6-8-12-23)40-27-15-14-25(17-26(27)33)24-13-9-10-21(16-24)20-34/h6-17,22,28H,5,18-19H2,1-4H3,(H,35,36,38). The predicted octanol–water partition coefficient (Wildman–Crippen LogP) is 7.58. The highest BCUT2D eigenvalue weighted by Crippen LogP contribution is 2.56. The molecule has 1 spiro atoms. The molecular formula is C33H33N3O3S. The maximum absolute atomic E-state index is 14.4. The Morgan fingerprint density at radius 2 is 1.85 bits per heavy atom. The van der Waals surface area contributed by atoms with E-state index in [1.165, 1.54) is 0 Å². The fourth-order valence-corrected chi connectivity index (χ4v) is 6.92. The van der Waals surface area contributed by atoms with Crippen molar-refractivity contribution in [1.82, 2.24) is 5.32 Å². The van der Waals surface area contributed by atoms with E-state index in [1.54, 1.807) is 17.8 Å². The maximum atomic E-state index is 14.4. The molecule has 0 aliphatic carbocycles. The molecule has 0 radical (unpaired) electrons. The Morgan fingerprint density at radius 1 is 1.10 bits per heavy atom. The third-order valence-corrected chi connectivity index (χ3v) is 8.69. The number of ketones is 1. The number of carbonyl (C=O) groups excluding carboxylic acids is 2. The highest BCUT2D eigenvalue weighted by Gasteiger charge is 2.51. The molecule has 3 aromatic carbocycles. The number of carbonyl (C=O) groups is 2. The predicted molar refractivity (Wildman–Crippen MR) is 158 cm³/mol. The average molecular weight is 552 g/mol. The monoisotopic (exact) mass is 551 g/mol. The van der Waals surface area contributed by atoms with Crippen molar-refractivity contribution in [2.75, 3.05) is 0 Å². The number of hydrogen-bond acceptors (Lipinski definition) is 6. The van der Waals surface area contributed by atoms with Gasteiger partial charge >= 0.3 is 6.09 Å². The van der Waals surface area contributed by atoms with Gasteiger partial charge in [0.2, 0.25) is 0 Å². The van der Waals surface area contributed by atoms with Crippen molar-refractivity contribution >= 4 is 29.5 Å². The van der Waals surface area contributed by atoms with Crippen LogP contribution in [0, 0.1) is 17.2 Å². The third kappa shape index (κ3) is 5.55. The van der Waals surface area contributed by atoms with Gasteiger partial charge in [-0.05, 0) is 68.1 Å². The van der Waals surface area contributed by atoms with E-state index < -0.39 is 17.2 Å². The van der Waals surface area contributed by atoms with Gasteiger partial charge in [0, 0.05) is 34.5 Å². The van der Waals surface area contributed by atoms with E-state index >= 15 is 0 Å². The first-order valence-electron chi connectivity index (χ1n) is 13.6. The summed E-state index contributed by atoms with van der Waals surface area (Å²) in [4.78, 5) is 33.2. The van der Waals surface area contributed by atoms with Crippen molar-refractivity contribution in [3.8, 4) is 17.2 Å². The van der Waals surface area contributed by atoms with E-state index in [-0.39, 0.29) is 17.0 Å². The number of nitriles is 1. The summed E-state index contributed by atoms with van der Waals surface area (Å²) in [7, 11) is 0. The number of benzene rings is 3. The molecular weight excluding hydrogens is 518 g/mol. The van der Waals surface area contributed by atoms with Crippen molar-refractivity contribution in [2.24, 2.45) is 10.9 Å². The van der Waals surface area contributed by atoms with E-state index in [2.05, 4.69) is 29.6 Å². The molecule has 2 aliphatic heterocycles. The lowest BCUT2D eigenvalue weighted by Crippen LogP contribution is -2.49. The molecule has 0 bridgehead atoms. The minimum atomic E-state index is -1.16. The van der Waals surface area contributed by atoms with E-state index in [4.69, 9.17) is 9.73 Å². The van der Waals surface area contributed by atoms with Crippen molar-refractivity contribution < 1.29 is 14.3 Å². The van der Waals surface area contributed by atoms with Gasteiger partial charge in [-0.2, -0.15) is 5.26 Å². The number of amides is 1. The fraction of sp³-hybridized carbons (Fsp3) is 0.333. The van der Waals surface area contributed by atoms with Crippen LogP contribution in [0.3, 0.4) is 0 Å². The summed E-state index contributed by atoms with van der Waals surface area (Å²) in [6.07, 6.45) is 0.903. The van der Waals surface area contributed by atoms with Crippen molar-refractivity contribution in [2.45, 2.75) is 68.2 Å². The van der Waals surface area contributed by atoms with Gasteiger partial charge in [-0.25, -0.2) is 4.79 Å². The van der Waals surface area contributed by atoms with E-state index in [0.717, 1.165) is 27.1 Å². The Bertz CT molecular complexity index is 1520. The van der Waals surface area contributed by atoms with E-state index in [0.29, 0.717) is 30.7 Å². The van der Waals surface area contributed by atoms with Crippen LogP contribution in [0.2, 0.25) is 0 Å². The normalized spacial score (nSPS) is 22.2. The number of ether oxygens (including phenoxy) is 1. The number of aliphatic imine (C=N–C) groups is 1. The molecule has 1 N–H and O–H groups in total. The number of nitrogens with zero attached hydrogens (tertiary/aromatic N) is 2. The second-order valence-electron chi connectivity index (χ2n) is 11.3. The molecule has 5 rings (SSSR count). The molecule has 6 nitrogen and oxygen atoms in total. The Hall–Kier alpha value is -3.89. The molecule has 0 fully saturated rings. The molecule has 2 aliphatic rings. The van der Waals surface area contributed by atoms with Gasteiger partial charge in [0.15, 0.2) is 5.78 Å². The SMILES string of the molecule is CCC1CC(NC(=O)OC(C)(C)C)=NC2(CC(c3ccccc3)Sc3ccc(-c4cccc(C#N)c4)cc32)C1=O. The molecule has 7 heteroatoms. The molecule has 0 aromatic heterocycles. The van der Waals surface area contributed by atoms with Gasteiger partial charge in [-0.3, -0.25) is 15.1 Å². The molecule has 3 aromatic rings. The number of nitrogens with one attached hydrogen (secondary N) is 1. The fourth-order valence-electron chi connectivity index (χ4n) is 5.49. The molecule has 1 amide bonds. The number of rotatable bonds is 3. The number of Topliss-reactive ketones (excluding diaryl/α,β-unsaturated/α-hetero) is 1. The highest BCUT2D eigenvalue weighted by atomic mass is 32.2. The Labute approximate surface area is 239 Å². The van der Waals surface area contributed by atoms with Gasteiger partial charge in [-0.15, -0.1) is 11.8 Å². The summed E-state index contributed by atoms with van der Waals surface area (Å²) in [6, 6.07) is 26.0. The van der Waals surface area contributed by atoms with Crippen LogP contribution in [0.1, 0.15) is 68.9 Å². The van der Waals surface area contributed by atoms with Crippen LogP contribution < -0.4 is 5.32 Å². The van der Waals surface area contributed by atoms with Crippen LogP contribution in [-0.2, 0) is 15.1 Å². The van der Waals surface area contributed by atoms with Gasteiger partial charge in [0.05, 0.1) is 11.6 Å². The van der Waals surface area contributed by atoms with Crippen LogP contribution in [0.15, 0.2) is 82.7 Å². The molecule has 204 valence electrons. The van der Waals surface area contributed by atoms with Crippen molar-refractivity contribution in [3.63, 3.8) is 0 Å². The second-order valence-corrected chi connectivity index (χ2v) is 12.6. The summed E-state index contributed by atoms with van der Waals surface area (Å²) in [5, 5.41) is 12.3. The lowest BCUT2D eigenvalue weighted by molar-refractivity contribution is -0.129. The molecule has 0 saturated carbocycles. The van der Waals surface area contributed by atoms with Gasteiger partial charge in [0.25, 0.3) is 0 Å². The number of fused-ring (bicyclic) bond motifs is 2. The quantitative estimate of drug-likeness (QED) is 0.362. The summed E-state index contributed by atoms with van der Waals surface area (Å²) in [5.41, 5.74) is 2.55. The number of thioether (sulfide) groups is 1. The van der Waals surface area contributed by atoms with Gasteiger partial charge in [-0.1, -0.05) is 55.5 Å². The topological polar surface area (TPSA) is 91.5 Å². The zero-order valence-electron chi connectivity index (χ0n) is 23.2. The van der Waals surface area contributed by atoms with Crippen LogP contribution in [0.4, 0.5) is 4.79 Å². The maximum Gasteiger partial charge on any atom is 0.413 e. The summed E-state index contributed by atoms with van der Waals surface area (Å²) >= 11 is 1.74. The molecule has 3 atom stereocenters. The summed E-state index contributed by atoms with van der Waals surface area (Å²) in [6.45, 7) is 7.45. The summed E-state index contributed by atoms with van der Waals surface area (Å²) < 4.78 is 5.52. The Morgan fingerprint density at radius 3 is 2.55 bits per heavy atom. The lowest BCUT2D eigenvalue weighted by atomic mass is 9.72. The molecule has 2 heterocycles. The minimum absolute atomic E-state index is 0.00699. The molecule has 3 unspecified atom stereocenters. The van der Waals surface area contributed by atoms with E-state index in [1.807, 2.05) is 76.2 Å². The first-order chi connectivity index (χ1) is 19.1.